The molecule has 0 aromatic heterocycles. The van der Waals surface area contributed by atoms with E-state index < -0.39 is 18.4 Å². The van der Waals surface area contributed by atoms with Crippen LogP contribution in [0.5, 0.6) is 5.75 Å². The van der Waals surface area contributed by atoms with Crippen molar-refractivity contribution in [1.29, 1.82) is 0 Å². The van der Waals surface area contributed by atoms with Crippen LogP contribution in [0, 0.1) is 0 Å². The Morgan fingerprint density at radius 3 is 2.48 bits per heavy atom. The van der Waals surface area contributed by atoms with Crippen LogP contribution >= 0.6 is 0 Å². The smallest absolute Gasteiger partial charge is 0.264 e. The number of hydrogen-bond acceptors (Lipinski definition) is 4. The summed E-state index contributed by atoms with van der Waals surface area (Å²) < 4.78 is 31.9. The minimum atomic E-state index is -2.62. The molecule has 126 valence electrons. The van der Waals surface area contributed by atoms with Crippen LogP contribution in [0.15, 0.2) is 12.1 Å². The average molecular weight is 326 g/mol. The van der Waals surface area contributed by atoms with Crippen molar-refractivity contribution in [3.8, 4) is 5.75 Å². The maximum absolute atomic E-state index is 13.3. The predicted molar refractivity (Wildman–Crippen MR) is 81.8 cm³/mol. The molecular formula is C16H20F2N2O3. The molecule has 2 rings (SSSR count). The van der Waals surface area contributed by atoms with E-state index in [4.69, 9.17) is 4.74 Å². The molecule has 2 amide bonds. The Labute approximate surface area is 133 Å². The normalized spacial score (nSPS) is 18.3. The molecular weight excluding hydrogens is 306 g/mol. The number of methoxy groups -OCH3 is 1. The number of halogens is 2. The Balaban J connectivity index is 2.35. The first kappa shape index (κ1) is 17.2. The number of hydrogen-bond donors (Lipinski definition) is 2. The third-order valence-corrected chi connectivity index (χ3v) is 3.83. The van der Waals surface area contributed by atoms with Crippen LogP contribution in [-0.2, 0) is 9.59 Å². The summed E-state index contributed by atoms with van der Waals surface area (Å²) in [5.74, 6) is -0.487. The van der Waals surface area contributed by atoms with Gasteiger partial charge in [-0.2, -0.15) is 0 Å². The standard InChI is InChI=1S/C16H20F2N2O3/c1-8(2)9-7-13(23-3)12(6-10(9)15(17)18)19-11-4-5-14(21)20-16(11)22/h6-8,11,15,19H,4-5H2,1-3H3,(H,20,21,22). The van der Waals surface area contributed by atoms with Gasteiger partial charge in [0, 0.05) is 12.0 Å². The van der Waals surface area contributed by atoms with Crippen LogP contribution in [0.2, 0.25) is 0 Å². The molecule has 1 aromatic carbocycles. The lowest BCUT2D eigenvalue weighted by Gasteiger charge is -2.25. The highest BCUT2D eigenvalue weighted by atomic mass is 19.3. The number of alkyl halides is 2. The van der Waals surface area contributed by atoms with E-state index in [1.807, 2.05) is 13.8 Å². The van der Waals surface area contributed by atoms with Crippen molar-refractivity contribution < 1.29 is 23.1 Å². The predicted octanol–water partition coefficient (Wildman–Crippen LogP) is 2.97. The molecule has 7 heteroatoms. The Kier molecular flexibility index (Phi) is 5.18. The minimum absolute atomic E-state index is 0.0856. The number of benzene rings is 1. The third kappa shape index (κ3) is 3.78. The first-order valence-corrected chi connectivity index (χ1v) is 7.43. The summed E-state index contributed by atoms with van der Waals surface area (Å²) in [5, 5.41) is 5.13. The molecule has 1 heterocycles. The number of anilines is 1. The van der Waals surface area contributed by atoms with Gasteiger partial charge in [-0.25, -0.2) is 8.78 Å². The lowest BCUT2D eigenvalue weighted by atomic mass is 9.95. The first-order chi connectivity index (χ1) is 10.8. The number of rotatable bonds is 5. The van der Waals surface area contributed by atoms with Crippen LogP contribution in [0.25, 0.3) is 0 Å². The molecule has 0 spiro atoms. The fraction of sp³-hybridized carbons (Fsp3) is 0.500. The fourth-order valence-electron chi connectivity index (χ4n) is 2.60. The van der Waals surface area contributed by atoms with E-state index >= 15 is 0 Å². The molecule has 1 aliphatic heterocycles. The molecule has 1 unspecified atom stereocenters. The highest BCUT2D eigenvalue weighted by Crippen LogP contribution is 2.37. The van der Waals surface area contributed by atoms with Crippen LogP contribution in [0.3, 0.4) is 0 Å². The second-order valence-corrected chi connectivity index (χ2v) is 5.78. The average Bonchev–Trinajstić information content (AvgIpc) is 2.49. The second kappa shape index (κ2) is 6.93. The molecule has 1 aliphatic rings. The van der Waals surface area contributed by atoms with Gasteiger partial charge in [0.1, 0.15) is 11.8 Å². The van der Waals surface area contributed by atoms with E-state index in [1.54, 1.807) is 6.07 Å². The first-order valence-electron chi connectivity index (χ1n) is 7.43. The summed E-state index contributed by atoms with van der Waals surface area (Å²) in [6, 6.07) is 2.24. The highest BCUT2D eigenvalue weighted by molar-refractivity contribution is 6.01. The SMILES string of the molecule is COc1cc(C(C)C)c(C(F)F)cc1NC1CCC(=O)NC1=O. The molecule has 1 aromatic rings. The number of carbonyl (C=O) groups is 2. The molecule has 0 radical (unpaired) electrons. The van der Waals surface area contributed by atoms with Crippen LogP contribution in [0.4, 0.5) is 14.5 Å². The largest absolute Gasteiger partial charge is 0.495 e. The number of carbonyl (C=O) groups excluding carboxylic acids is 2. The number of amides is 2. The van der Waals surface area contributed by atoms with Crippen molar-refractivity contribution >= 4 is 17.5 Å². The number of ether oxygens (including phenoxy) is 1. The van der Waals surface area contributed by atoms with E-state index in [1.165, 1.54) is 13.2 Å². The van der Waals surface area contributed by atoms with Gasteiger partial charge in [0.2, 0.25) is 11.8 Å². The molecule has 1 fully saturated rings. The van der Waals surface area contributed by atoms with E-state index in [9.17, 15) is 18.4 Å². The fourth-order valence-corrected chi connectivity index (χ4v) is 2.60. The zero-order valence-electron chi connectivity index (χ0n) is 13.3. The molecule has 0 aliphatic carbocycles. The molecule has 0 saturated carbocycles. The Morgan fingerprint density at radius 1 is 1.26 bits per heavy atom. The summed E-state index contributed by atoms with van der Waals surface area (Å²) in [4.78, 5) is 23.0. The van der Waals surface area contributed by atoms with Crippen molar-refractivity contribution in [2.24, 2.45) is 0 Å². The van der Waals surface area contributed by atoms with Gasteiger partial charge in [0.15, 0.2) is 0 Å². The summed E-state index contributed by atoms with van der Waals surface area (Å²) in [6.07, 6.45) is -2.11. The number of imide groups is 1. The van der Waals surface area contributed by atoms with Crippen molar-refractivity contribution in [2.45, 2.75) is 45.1 Å². The van der Waals surface area contributed by atoms with Gasteiger partial charge in [-0.15, -0.1) is 0 Å². The molecule has 2 N–H and O–H groups in total. The summed E-state index contributed by atoms with van der Waals surface area (Å²) in [7, 11) is 1.44. The van der Waals surface area contributed by atoms with Gasteiger partial charge >= 0.3 is 0 Å². The van der Waals surface area contributed by atoms with Gasteiger partial charge in [-0.05, 0) is 30.0 Å². The topological polar surface area (TPSA) is 67.4 Å². The summed E-state index contributed by atoms with van der Waals surface area (Å²) in [5.41, 5.74) is 0.739. The van der Waals surface area contributed by atoms with E-state index in [2.05, 4.69) is 10.6 Å². The van der Waals surface area contributed by atoms with Crippen molar-refractivity contribution in [1.82, 2.24) is 5.32 Å². The van der Waals surface area contributed by atoms with E-state index in [-0.39, 0.29) is 23.8 Å². The number of nitrogens with one attached hydrogen (secondary N) is 2. The molecule has 5 nitrogen and oxygen atoms in total. The molecule has 0 bridgehead atoms. The second-order valence-electron chi connectivity index (χ2n) is 5.78. The minimum Gasteiger partial charge on any atom is -0.495 e. The maximum Gasteiger partial charge on any atom is 0.264 e. The lowest BCUT2D eigenvalue weighted by molar-refractivity contribution is -0.133. The van der Waals surface area contributed by atoms with Crippen molar-refractivity contribution in [3.63, 3.8) is 0 Å². The van der Waals surface area contributed by atoms with E-state index in [0.29, 0.717) is 23.4 Å². The summed E-state index contributed by atoms with van der Waals surface area (Å²) in [6.45, 7) is 3.65. The Bertz CT molecular complexity index is 618. The highest BCUT2D eigenvalue weighted by Gasteiger charge is 2.28. The van der Waals surface area contributed by atoms with Gasteiger partial charge in [0.05, 0.1) is 12.8 Å². The maximum atomic E-state index is 13.3. The zero-order chi connectivity index (χ0) is 17.1. The zero-order valence-corrected chi connectivity index (χ0v) is 13.3. The molecule has 23 heavy (non-hydrogen) atoms. The summed E-state index contributed by atoms with van der Waals surface area (Å²) >= 11 is 0. The Hall–Kier alpha value is -2.18. The van der Waals surface area contributed by atoms with Gasteiger partial charge in [0.25, 0.3) is 6.43 Å². The number of piperidine rings is 1. The Morgan fingerprint density at radius 2 is 1.96 bits per heavy atom. The van der Waals surface area contributed by atoms with Crippen LogP contribution in [0.1, 0.15) is 50.2 Å². The third-order valence-electron chi connectivity index (χ3n) is 3.83. The van der Waals surface area contributed by atoms with Gasteiger partial charge in [-0.1, -0.05) is 13.8 Å². The van der Waals surface area contributed by atoms with E-state index in [0.717, 1.165) is 0 Å². The van der Waals surface area contributed by atoms with Gasteiger partial charge < -0.3 is 10.1 Å². The lowest BCUT2D eigenvalue weighted by Crippen LogP contribution is -2.47. The van der Waals surface area contributed by atoms with Crippen molar-refractivity contribution in [2.75, 3.05) is 12.4 Å². The molecule has 1 saturated heterocycles. The quantitative estimate of drug-likeness (QED) is 0.816. The van der Waals surface area contributed by atoms with Crippen LogP contribution in [-0.4, -0.2) is 25.0 Å². The van der Waals surface area contributed by atoms with Crippen LogP contribution < -0.4 is 15.4 Å². The monoisotopic (exact) mass is 326 g/mol. The van der Waals surface area contributed by atoms with Gasteiger partial charge in [-0.3, -0.25) is 14.9 Å². The van der Waals surface area contributed by atoms with Crippen molar-refractivity contribution in [3.05, 3.63) is 23.3 Å². The molecule has 1 atom stereocenters.